The first-order chi connectivity index (χ1) is 10.1. The summed E-state index contributed by atoms with van der Waals surface area (Å²) in [6.07, 6.45) is 3.60. The zero-order valence-electron chi connectivity index (χ0n) is 12.1. The highest BCUT2D eigenvalue weighted by Gasteiger charge is 2.55. The number of urea groups is 1. The lowest BCUT2D eigenvalue weighted by Crippen LogP contribution is -2.56. The quantitative estimate of drug-likeness (QED) is 0.826. The highest BCUT2D eigenvalue weighted by molar-refractivity contribution is 7.09. The second-order valence-corrected chi connectivity index (χ2v) is 6.89. The van der Waals surface area contributed by atoms with Crippen LogP contribution in [-0.4, -0.2) is 33.9 Å². The van der Waals surface area contributed by atoms with E-state index in [1.54, 1.807) is 0 Å². The predicted octanol–water partition coefficient (Wildman–Crippen LogP) is 1.39. The molecule has 0 radical (unpaired) electrons. The Hall–Kier alpha value is -1.47. The molecular weight excluding hydrogens is 288 g/mol. The van der Waals surface area contributed by atoms with Crippen LogP contribution in [-0.2, 0) is 11.3 Å². The minimum Gasteiger partial charge on any atom is -0.330 e. The maximum absolute atomic E-state index is 12.8. The van der Waals surface area contributed by atoms with E-state index in [1.807, 2.05) is 12.3 Å². The summed E-state index contributed by atoms with van der Waals surface area (Å²) in [7, 11) is 0. The average Bonchev–Trinajstić information content (AvgIpc) is 2.98. The maximum Gasteiger partial charge on any atom is 0.325 e. The molecule has 1 aliphatic heterocycles. The van der Waals surface area contributed by atoms with Gasteiger partial charge in [0.1, 0.15) is 5.54 Å². The molecule has 2 aliphatic rings. The summed E-state index contributed by atoms with van der Waals surface area (Å²) < 4.78 is 0. The van der Waals surface area contributed by atoms with Crippen molar-refractivity contribution in [3.05, 3.63) is 16.1 Å². The fourth-order valence-corrected chi connectivity index (χ4v) is 4.05. The zero-order valence-corrected chi connectivity index (χ0v) is 12.9. The van der Waals surface area contributed by atoms with E-state index in [9.17, 15) is 9.59 Å². The van der Waals surface area contributed by atoms with Crippen LogP contribution >= 0.6 is 11.3 Å². The number of nitrogens with one attached hydrogen (secondary N) is 1. The Balaban J connectivity index is 1.84. The van der Waals surface area contributed by atoms with E-state index in [1.165, 1.54) is 16.2 Å². The maximum atomic E-state index is 12.8. The first kappa shape index (κ1) is 14.5. The smallest absolute Gasteiger partial charge is 0.325 e. The van der Waals surface area contributed by atoms with Crippen LogP contribution in [0, 0.1) is 12.8 Å². The predicted molar refractivity (Wildman–Crippen MR) is 79.7 cm³/mol. The van der Waals surface area contributed by atoms with Gasteiger partial charge in [0.15, 0.2) is 0 Å². The molecule has 0 bridgehead atoms. The summed E-state index contributed by atoms with van der Waals surface area (Å²) in [6.45, 7) is 2.58. The summed E-state index contributed by atoms with van der Waals surface area (Å²) in [5.41, 5.74) is 5.81. The molecule has 2 atom stereocenters. The van der Waals surface area contributed by atoms with Gasteiger partial charge in [-0.1, -0.05) is 12.8 Å². The van der Waals surface area contributed by atoms with Crippen molar-refractivity contribution >= 4 is 23.3 Å². The number of nitrogens with two attached hydrogens (primary N) is 1. The van der Waals surface area contributed by atoms with Crippen molar-refractivity contribution in [1.82, 2.24) is 15.2 Å². The van der Waals surface area contributed by atoms with Gasteiger partial charge in [-0.2, -0.15) is 0 Å². The monoisotopic (exact) mass is 308 g/mol. The molecule has 3 amide bonds. The van der Waals surface area contributed by atoms with Gasteiger partial charge in [0, 0.05) is 11.3 Å². The standard InChI is InChI=1S/C14H20N4O2S/c1-9-16-11(8-21-9)7-18-12(19)14(17-13(18)20)5-3-2-4-10(14)6-15/h8,10H,2-7,15H2,1H3,(H,17,20). The number of hydrogen-bond acceptors (Lipinski definition) is 5. The molecule has 3 N–H and O–H groups in total. The van der Waals surface area contributed by atoms with Gasteiger partial charge in [0.25, 0.3) is 5.91 Å². The SMILES string of the molecule is Cc1nc(CN2C(=O)NC3(CCCCC3CN)C2=O)cs1. The lowest BCUT2D eigenvalue weighted by atomic mass is 9.72. The molecule has 2 unspecified atom stereocenters. The van der Waals surface area contributed by atoms with E-state index in [-0.39, 0.29) is 24.4 Å². The molecule has 6 nitrogen and oxygen atoms in total. The van der Waals surface area contributed by atoms with E-state index < -0.39 is 5.54 Å². The molecule has 0 aromatic carbocycles. The van der Waals surface area contributed by atoms with Crippen LogP contribution in [0.15, 0.2) is 5.38 Å². The number of hydrogen-bond donors (Lipinski definition) is 2. The van der Waals surface area contributed by atoms with E-state index in [0.717, 1.165) is 30.0 Å². The van der Waals surface area contributed by atoms with E-state index >= 15 is 0 Å². The summed E-state index contributed by atoms with van der Waals surface area (Å²) >= 11 is 1.52. The topological polar surface area (TPSA) is 88.3 Å². The Morgan fingerprint density at radius 3 is 3.00 bits per heavy atom. The third-order valence-electron chi connectivity index (χ3n) is 4.54. The molecule has 1 aliphatic carbocycles. The van der Waals surface area contributed by atoms with Crippen LogP contribution in [0.3, 0.4) is 0 Å². The number of carbonyl (C=O) groups excluding carboxylic acids is 2. The van der Waals surface area contributed by atoms with Gasteiger partial charge >= 0.3 is 6.03 Å². The molecule has 1 saturated carbocycles. The number of carbonyl (C=O) groups is 2. The largest absolute Gasteiger partial charge is 0.330 e. The van der Waals surface area contributed by atoms with Gasteiger partial charge in [-0.15, -0.1) is 11.3 Å². The molecule has 114 valence electrons. The highest BCUT2D eigenvalue weighted by Crippen LogP contribution is 2.38. The molecule has 1 aromatic rings. The lowest BCUT2D eigenvalue weighted by Gasteiger charge is -2.38. The normalized spacial score (nSPS) is 29.2. The molecule has 2 heterocycles. The Morgan fingerprint density at radius 2 is 2.33 bits per heavy atom. The highest BCUT2D eigenvalue weighted by atomic mass is 32.1. The molecular formula is C14H20N4O2S. The second kappa shape index (κ2) is 5.38. The number of amides is 3. The van der Waals surface area contributed by atoms with Crippen LogP contribution in [0.4, 0.5) is 4.79 Å². The molecule has 7 heteroatoms. The number of rotatable bonds is 3. The molecule has 21 heavy (non-hydrogen) atoms. The molecule has 1 saturated heterocycles. The Kier molecular flexibility index (Phi) is 3.71. The van der Waals surface area contributed by atoms with Crippen LogP contribution < -0.4 is 11.1 Å². The number of nitrogens with zero attached hydrogens (tertiary/aromatic N) is 2. The number of aromatic nitrogens is 1. The van der Waals surface area contributed by atoms with Crippen molar-refractivity contribution in [2.75, 3.05) is 6.54 Å². The summed E-state index contributed by atoms with van der Waals surface area (Å²) in [5, 5.41) is 5.76. The third kappa shape index (κ3) is 2.34. The number of thiazole rings is 1. The van der Waals surface area contributed by atoms with Gasteiger partial charge in [0.05, 0.1) is 17.2 Å². The zero-order chi connectivity index (χ0) is 15.0. The van der Waals surface area contributed by atoms with Gasteiger partial charge in [-0.3, -0.25) is 9.69 Å². The molecule has 1 aromatic heterocycles. The Labute approximate surface area is 127 Å². The Bertz CT molecular complexity index is 573. The minimum absolute atomic E-state index is 0.0323. The Morgan fingerprint density at radius 1 is 1.52 bits per heavy atom. The molecule has 2 fully saturated rings. The van der Waals surface area contributed by atoms with Crippen molar-refractivity contribution in [2.45, 2.75) is 44.7 Å². The van der Waals surface area contributed by atoms with E-state index in [0.29, 0.717) is 13.0 Å². The summed E-state index contributed by atoms with van der Waals surface area (Å²) in [4.78, 5) is 30.7. The van der Waals surface area contributed by atoms with Crippen molar-refractivity contribution in [3.63, 3.8) is 0 Å². The van der Waals surface area contributed by atoms with Crippen LogP contribution in [0.1, 0.15) is 36.4 Å². The van der Waals surface area contributed by atoms with Gasteiger partial charge in [-0.25, -0.2) is 9.78 Å². The van der Waals surface area contributed by atoms with Crippen molar-refractivity contribution < 1.29 is 9.59 Å². The summed E-state index contributed by atoms with van der Waals surface area (Å²) in [5.74, 6) is -0.0989. The lowest BCUT2D eigenvalue weighted by molar-refractivity contribution is -0.134. The fourth-order valence-electron chi connectivity index (χ4n) is 3.44. The van der Waals surface area contributed by atoms with Crippen molar-refractivity contribution in [3.8, 4) is 0 Å². The van der Waals surface area contributed by atoms with Crippen LogP contribution in [0.2, 0.25) is 0 Å². The average molecular weight is 308 g/mol. The van der Waals surface area contributed by atoms with E-state index in [2.05, 4.69) is 10.3 Å². The van der Waals surface area contributed by atoms with E-state index in [4.69, 9.17) is 5.73 Å². The number of aryl methyl sites for hydroxylation is 1. The van der Waals surface area contributed by atoms with Gasteiger partial charge < -0.3 is 11.1 Å². The van der Waals surface area contributed by atoms with Gasteiger partial charge in [0.2, 0.25) is 0 Å². The van der Waals surface area contributed by atoms with Crippen LogP contribution in [0.5, 0.6) is 0 Å². The molecule has 3 rings (SSSR count). The van der Waals surface area contributed by atoms with Crippen molar-refractivity contribution in [2.24, 2.45) is 11.7 Å². The number of imide groups is 1. The summed E-state index contributed by atoms with van der Waals surface area (Å²) in [6, 6.07) is -0.314. The first-order valence-electron chi connectivity index (χ1n) is 7.32. The second-order valence-electron chi connectivity index (χ2n) is 5.83. The first-order valence-corrected chi connectivity index (χ1v) is 8.20. The van der Waals surface area contributed by atoms with Gasteiger partial charge in [-0.05, 0) is 26.3 Å². The van der Waals surface area contributed by atoms with Crippen molar-refractivity contribution in [1.29, 1.82) is 0 Å². The van der Waals surface area contributed by atoms with Crippen LogP contribution in [0.25, 0.3) is 0 Å². The fraction of sp³-hybridized carbons (Fsp3) is 0.643. The third-order valence-corrected chi connectivity index (χ3v) is 5.37. The molecule has 1 spiro atoms. The minimum atomic E-state index is -0.783.